The highest BCUT2D eigenvalue weighted by atomic mass is 16.4. The normalized spacial score (nSPS) is 13.7. The summed E-state index contributed by atoms with van der Waals surface area (Å²) in [6.45, 7) is -0.605. The van der Waals surface area contributed by atoms with Gasteiger partial charge < -0.3 is 48.5 Å². The zero-order valence-electron chi connectivity index (χ0n) is 20.7. The lowest BCUT2D eigenvalue weighted by atomic mass is 10.0. The Morgan fingerprint density at radius 2 is 1.39 bits per heavy atom. The molecule has 0 fully saturated rings. The number of benzene rings is 1. The third-order valence-electron chi connectivity index (χ3n) is 5.29. The molecule has 15 heteroatoms. The number of aliphatic hydroxyl groups is 1. The van der Waals surface area contributed by atoms with Gasteiger partial charge in [0.15, 0.2) is 5.96 Å². The zero-order valence-corrected chi connectivity index (χ0v) is 20.7. The maximum absolute atomic E-state index is 13.1. The molecular weight excluding hydrogens is 502 g/mol. The van der Waals surface area contributed by atoms with Crippen LogP contribution in [0.3, 0.4) is 0 Å². The van der Waals surface area contributed by atoms with E-state index in [0.717, 1.165) is 0 Å². The van der Waals surface area contributed by atoms with Gasteiger partial charge in [-0.2, -0.15) is 0 Å². The molecule has 0 aliphatic rings. The van der Waals surface area contributed by atoms with Crippen LogP contribution < -0.4 is 33.2 Å². The molecule has 1 rings (SSSR count). The van der Waals surface area contributed by atoms with Crippen LogP contribution in [0.1, 0.15) is 31.2 Å². The first-order chi connectivity index (χ1) is 17.9. The molecule has 1 aromatic carbocycles. The quantitative estimate of drug-likeness (QED) is 0.0548. The molecule has 15 nitrogen and oxygen atoms in total. The minimum absolute atomic E-state index is 0.0121. The van der Waals surface area contributed by atoms with Gasteiger partial charge in [-0.05, 0) is 24.8 Å². The average Bonchev–Trinajstić information content (AvgIpc) is 2.87. The van der Waals surface area contributed by atoms with Crippen molar-refractivity contribution >= 4 is 35.6 Å². The van der Waals surface area contributed by atoms with Crippen LogP contribution in [0, 0.1) is 0 Å². The van der Waals surface area contributed by atoms with Crippen LogP contribution in [-0.2, 0) is 30.4 Å². The van der Waals surface area contributed by atoms with Gasteiger partial charge in [0.05, 0.1) is 6.61 Å². The lowest BCUT2D eigenvalue weighted by molar-refractivity contribution is -0.142. The molecule has 4 atom stereocenters. The third kappa shape index (κ3) is 12.1. The predicted octanol–water partition coefficient (Wildman–Crippen LogP) is -2.99. The lowest BCUT2D eigenvalue weighted by Crippen LogP contribution is -2.57. The van der Waals surface area contributed by atoms with Gasteiger partial charge in [-0.3, -0.25) is 24.2 Å². The number of nitrogens with one attached hydrogen (secondary N) is 3. The summed E-state index contributed by atoms with van der Waals surface area (Å²) < 4.78 is 0. The molecule has 38 heavy (non-hydrogen) atoms. The van der Waals surface area contributed by atoms with Crippen LogP contribution in [0.4, 0.5) is 0 Å². The second kappa shape index (κ2) is 16.5. The van der Waals surface area contributed by atoms with E-state index in [-0.39, 0.29) is 38.2 Å². The standard InChI is InChI=1S/C23H35N7O8/c24-14(12-31)19(34)28-16(8-9-18(32)33)21(36)29-15(7-4-10-27-23(25)26)20(35)30-17(22(37)38)11-13-5-2-1-3-6-13/h1-3,5-6,14-17,31H,4,7-12,24H2,(H,28,34)(H,29,36)(H,30,35)(H,32,33)(H,37,38)(H4,25,26,27). The molecule has 1 aromatic rings. The van der Waals surface area contributed by atoms with Crippen molar-refractivity contribution in [2.75, 3.05) is 13.2 Å². The molecule has 0 radical (unpaired) electrons. The van der Waals surface area contributed by atoms with Crippen molar-refractivity contribution in [3.05, 3.63) is 35.9 Å². The zero-order chi connectivity index (χ0) is 28.7. The lowest BCUT2D eigenvalue weighted by Gasteiger charge is -2.25. The summed E-state index contributed by atoms with van der Waals surface area (Å²) in [7, 11) is 0. The summed E-state index contributed by atoms with van der Waals surface area (Å²) in [6, 6.07) is 3.25. The van der Waals surface area contributed by atoms with E-state index < -0.39 is 66.9 Å². The summed E-state index contributed by atoms with van der Waals surface area (Å²) in [4.78, 5) is 64.8. The number of aliphatic hydroxyl groups excluding tert-OH is 1. The number of carbonyl (C=O) groups excluding carboxylic acids is 3. The van der Waals surface area contributed by atoms with Gasteiger partial charge in [-0.15, -0.1) is 0 Å². The van der Waals surface area contributed by atoms with E-state index in [1.807, 2.05) is 0 Å². The Bertz CT molecular complexity index is 985. The molecule has 0 bridgehead atoms. The smallest absolute Gasteiger partial charge is 0.326 e. The molecule has 3 amide bonds. The first kappa shape index (κ1) is 31.8. The monoisotopic (exact) mass is 537 g/mol. The molecule has 0 spiro atoms. The molecule has 12 N–H and O–H groups in total. The van der Waals surface area contributed by atoms with Crippen molar-refractivity contribution in [1.29, 1.82) is 0 Å². The van der Waals surface area contributed by atoms with Crippen LogP contribution in [0.15, 0.2) is 35.3 Å². The van der Waals surface area contributed by atoms with Gasteiger partial charge >= 0.3 is 11.9 Å². The fourth-order valence-corrected chi connectivity index (χ4v) is 3.27. The van der Waals surface area contributed by atoms with Gasteiger partial charge in [0.1, 0.15) is 24.2 Å². The number of carbonyl (C=O) groups is 5. The van der Waals surface area contributed by atoms with Gasteiger partial charge in [-0.1, -0.05) is 30.3 Å². The van der Waals surface area contributed by atoms with Crippen molar-refractivity contribution in [3.8, 4) is 0 Å². The largest absolute Gasteiger partial charge is 0.481 e. The minimum atomic E-state index is -1.40. The maximum Gasteiger partial charge on any atom is 0.326 e. The van der Waals surface area contributed by atoms with Gasteiger partial charge in [0, 0.05) is 19.4 Å². The van der Waals surface area contributed by atoms with Crippen molar-refractivity contribution in [3.63, 3.8) is 0 Å². The second-order valence-electron chi connectivity index (χ2n) is 8.38. The molecule has 0 aliphatic carbocycles. The van der Waals surface area contributed by atoms with Gasteiger partial charge in [-0.25, -0.2) is 4.79 Å². The Morgan fingerprint density at radius 3 is 1.92 bits per heavy atom. The molecule has 0 heterocycles. The van der Waals surface area contributed by atoms with Crippen LogP contribution in [-0.4, -0.2) is 88.3 Å². The van der Waals surface area contributed by atoms with Crippen molar-refractivity contribution < 1.29 is 39.3 Å². The molecule has 0 aromatic heterocycles. The van der Waals surface area contributed by atoms with Crippen molar-refractivity contribution in [2.24, 2.45) is 22.2 Å². The highest BCUT2D eigenvalue weighted by molar-refractivity contribution is 5.94. The summed E-state index contributed by atoms with van der Waals surface area (Å²) in [5.74, 6) is -5.33. The Kier molecular flexibility index (Phi) is 13.8. The summed E-state index contributed by atoms with van der Waals surface area (Å²) in [6.07, 6.45) is -0.645. The number of aliphatic carboxylic acids is 2. The van der Waals surface area contributed by atoms with E-state index in [1.165, 1.54) is 0 Å². The molecule has 210 valence electrons. The van der Waals surface area contributed by atoms with E-state index in [0.29, 0.717) is 5.56 Å². The van der Waals surface area contributed by atoms with Crippen molar-refractivity contribution in [1.82, 2.24) is 16.0 Å². The SMILES string of the molecule is NC(N)=NCCCC(NC(=O)C(CCC(=O)O)NC(=O)C(N)CO)C(=O)NC(Cc1ccccc1)C(=O)O. The number of rotatable bonds is 17. The van der Waals surface area contributed by atoms with E-state index in [2.05, 4.69) is 20.9 Å². The highest BCUT2D eigenvalue weighted by Crippen LogP contribution is 2.07. The summed E-state index contributed by atoms with van der Waals surface area (Å²) in [5, 5.41) is 34.8. The van der Waals surface area contributed by atoms with Crippen LogP contribution in [0.2, 0.25) is 0 Å². The molecule has 0 saturated carbocycles. The number of hydrogen-bond acceptors (Lipinski definition) is 8. The number of hydrogen-bond donors (Lipinski definition) is 9. The van der Waals surface area contributed by atoms with Gasteiger partial charge in [0.25, 0.3) is 0 Å². The van der Waals surface area contributed by atoms with Crippen LogP contribution in [0.25, 0.3) is 0 Å². The number of nitrogens with two attached hydrogens (primary N) is 3. The maximum atomic E-state index is 13.1. The number of amides is 3. The fourth-order valence-electron chi connectivity index (χ4n) is 3.27. The Labute approximate surface area is 218 Å². The van der Waals surface area contributed by atoms with E-state index in [1.54, 1.807) is 30.3 Å². The summed E-state index contributed by atoms with van der Waals surface area (Å²) >= 11 is 0. The predicted molar refractivity (Wildman–Crippen MR) is 135 cm³/mol. The fraction of sp³-hybridized carbons (Fsp3) is 0.478. The first-order valence-electron chi connectivity index (χ1n) is 11.8. The average molecular weight is 538 g/mol. The number of carboxylic acid groups (broad SMARTS) is 2. The second-order valence-corrected chi connectivity index (χ2v) is 8.38. The molecule has 0 aliphatic heterocycles. The summed E-state index contributed by atoms with van der Waals surface area (Å²) in [5.41, 5.74) is 16.7. The number of guanidine groups is 1. The Balaban J connectivity index is 3.08. The first-order valence-corrected chi connectivity index (χ1v) is 11.8. The highest BCUT2D eigenvalue weighted by Gasteiger charge is 2.30. The Morgan fingerprint density at radius 1 is 0.842 bits per heavy atom. The van der Waals surface area contributed by atoms with Crippen LogP contribution in [0.5, 0.6) is 0 Å². The van der Waals surface area contributed by atoms with Crippen LogP contribution >= 0.6 is 0 Å². The van der Waals surface area contributed by atoms with E-state index in [9.17, 15) is 29.1 Å². The van der Waals surface area contributed by atoms with E-state index in [4.69, 9.17) is 27.4 Å². The molecular formula is C23H35N7O8. The third-order valence-corrected chi connectivity index (χ3v) is 5.29. The number of carboxylic acids is 2. The Hall–Kier alpha value is -4.24. The van der Waals surface area contributed by atoms with E-state index >= 15 is 0 Å². The van der Waals surface area contributed by atoms with Crippen molar-refractivity contribution in [2.45, 2.75) is 56.3 Å². The number of aliphatic imine (C=N–C) groups is 1. The number of nitrogens with zero attached hydrogens (tertiary/aromatic N) is 1. The molecule has 4 unspecified atom stereocenters. The molecule has 0 saturated heterocycles. The van der Waals surface area contributed by atoms with Gasteiger partial charge in [0.2, 0.25) is 17.7 Å². The topological polar surface area (TPSA) is 273 Å². The minimum Gasteiger partial charge on any atom is -0.481 e.